The number of ketones is 1. The summed E-state index contributed by atoms with van der Waals surface area (Å²) in [4.78, 5) is 11.6. The second kappa shape index (κ2) is 2.61. The number of rotatable bonds is 0. The fourth-order valence-electron chi connectivity index (χ4n) is 2.08. The molecule has 1 aliphatic heterocycles. The first-order valence-corrected chi connectivity index (χ1v) is 4.57. The molecular weight excluding hydrogens is 152 g/mol. The van der Waals surface area contributed by atoms with Crippen LogP contribution in [0.3, 0.4) is 0 Å². The molecule has 66 valence electrons. The second-order valence-corrected chi connectivity index (χ2v) is 3.99. The van der Waals surface area contributed by atoms with Crippen LogP contribution in [0.1, 0.15) is 26.7 Å². The lowest BCUT2D eigenvalue weighted by Gasteiger charge is -2.18. The number of hydrogen-bond donors (Lipinski definition) is 0. The highest BCUT2D eigenvalue weighted by molar-refractivity contribution is 5.97. The van der Waals surface area contributed by atoms with Gasteiger partial charge >= 0.3 is 0 Å². The van der Waals surface area contributed by atoms with E-state index in [1.807, 2.05) is 0 Å². The molecule has 0 aromatic rings. The molecule has 0 saturated carbocycles. The van der Waals surface area contributed by atoms with Gasteiger partial charge in [0.2, 0.25) is 0 Å². The lowest BCUT2D eigenvalue weighted by atomic mass is 9.85. The number of allylic oxidation sites excluding steroid dienone is 1. The summed E-state index contributed by atoms with van der Waals surface area (Å²) in [5.74, 6) is 2.10. The fraction of sp³-hybridized carbons (Fsp3) is 0.700. The Morgan fingerprint density at radius 1 is 1.33 bits per heavy atom. The standard InChI is InChI=1S/C10H14O2/c1-6-3-8(11)10-7(2)5-12-9(10)4-6/h6-7H,3-5H2,1-2H3/t6-,7?/m1/s1. The van der Waals surface area contributed by atoms with E-state index in [0.717, 1.165) is 17.8 Å². The van der Waals surface area contributed by atoms with Crippen molar-refractivity contribution < 1.29 is 9.53 Å². The normalized spacial score (nSPS) is 35.0. The van der Waals surface area contributed by atoms with Crippen molar-refractivity contribution in [3.8, 4) is 0 Å². The van der Waals surface area contributed by atoms with Crippen molar-refractivity contribution in [1.82, 2.24) is 0 Å². The average Bonchev–Trinajstić information content (AvgIpc) is 2.31. The Labute approximate surface area is 72.6 Å². The maximum atomic E-state index is 11.6. The Morgan fingerprint density at radius 2 is 2.08 bits per heavy atom. The first-order chi connectivity index (χ1) is 5.68. The van der Waals surface area contributed by atoms with Crippen molar-refractivity contribution in [2.24, 2.45) is 11.8 Å². The summed E-state index contributed by atoms with van der Waals surface area (Å²) < 4.78 is 5.47. The SMILES string of the molecule is CC1COC2=C1C(=O)C[C@@H](C)C2. The zero-order chi connectivity index (χ0) is 8.72. The van der Waals surface area contributed by atoms with Crippen molar-refractivity contribution in [1.29, 1.82) is 0 Å². The smallest absolute Gasteiger partial charge is 0.162 e. The molecule has 12 heavy (non-hydrogen) atoms. The van der Waals surface area contributed by atoms with E-state index in [1.165, 1.54) is 0 Å². The van der Waals surface area contributed by atoms with Crippen LogP contribution in [-0.4, -0.2) is 12.4 Å². The maximum Gasteiger partial charge on any atom is 0.162 e. The molecular formula is C10H14O2. The topological polar surface area (TPSA) is 26.3 Å². The Morgan fingerprint density at radius 3 is 2.83 bits per heavy atom. The quantitative estimate of drug-likeness (QED) is 0.549. The third-order valence-corrected chi connectivity index (χ3v) is 2.67. The maximum absolute atomic E-state index is 11.6. The van der Waals surface area contributed by atoms with E-state index in [2.05, 4.69) is 13.8 Å². The molecule has 0 radical (unpaired) electrons. The van der Waals surface area contributed by atoms with E-state index in [4.69, 9.17) is 4.74 Å². The van der Waals surface area contributed by atoms with Gasteiger partial charge in [-0.1, -0.05) is 13.8 Å². The van der Waals surface area contributed by atoms with Crippen LogP contribution in [0.4, 0.5) is 0 Å². The molecule has 2 aliphatic rings. The zero-order valence-electron chi connectivity index (χ0n) is 7.59. The van der Waals surface area contributed by atoms with Crippen LogP contribution in [0, 0.1) is 11.8 Å². The van der Waals surface area contributed by atoms with Gasteiger partial charge in [0, 0.05) is 24.3 Å². The van der Waals surface area contributed by atoms with Crippen LogP contribution >= 0.6 is 0 Å². The molecule has 2 rings (SSSR count). The molecule has 2 nitrogen and oxygen atoms in total. The van der Waals surface area contributed by atoms with Crippen LogP contribution < -0.4 is 0 Å². The summed E-state index contributed by atoms with van der Waals surface area (Å²) in [5, 5.41) is 0. The van der Waals surface area contributed by atoms with Crippen molar-refractivity contribution in [2.45, 2.75) is 26.7 Å². The Hall–Kier alpha value is -0.790. The van der Waals surface area contributed by atoms with Gasteiger partial charge in [-0.25, -0.2) is 0 Å². The number of hydrogen-bond acceptors (Lipinski definition) is 2. The monoisotopic (exact) mass is 166 g/mol. The Bertz CT molecular complexity index is 253. The number of Topliss-reactive ketones (excluding diaryl/α,β-unsaturated/α-hetero) is 1. The first-order valence-electron chi connectivity index (χ1n) is 4.57. The molecule has 2 heteroatoms. The lowest BCUT2D eigenvalue weighted by molar-refractivity contribution is -0.117. The van der Waals surface area contributed by atoms with Gasteiger partial charge in [-0.15, -0.1) is 0 Å². The minimum Gasteiger partial charge on any atom is -0.497 e. The summed E-state index contributed by atoms with van der Waals surface area (Å²) in [6, 6.07) is 0. The number of carbonyl (C=O) groups excluding carboxylic acids is 1. The lowest BCUT2D eigenvalue weighted by Crippen LogP contribution is -2.18. The Kier molecular flexibility index (Phi) is 1.71. The van der Waals surface area contributed by atoms with Crippen LogP contribution in [0.25, 0.3) is 0 Å². The van der Waals surface area contributed by atoms with Crippen molar-refractivity contribution in [3.63, 3.8) is 0 Å². The third-order valence-electron chi connectivity index (χ3n) is 2.67. The van der Waals surface area contributed by atoms with E-state index in [0.29, 0.717) is 30.6 Å². The number of ether oxygens (including phenoxy) is 1. The molecule has 0 amide bonds. The van der Waals surface area contributed by atoms with Crippen LogP contribution in [0.5, 0.6) is 0 Å². The van der Waals surface area contributed by atoms with Crippen molar-refractivity contribution >= 4 is 5.78 Å². The third kappa shape index (κ3) is 1.06. The van der Waals surface area contributed by atoms with Gasteiger partial charge in [0.1, 0.15) is 5.76 Å². The minimum atomic E-state index is 0.314. The molecule has 1 aliphatic carbocycles. The highest BCUT2D eigenvalue weighted by atomic mass is 16.5. The van der Waals surface area contributed by atoms with E-state index < -0.39 is 0 Å². The summed E-state index contributed by atoms with van der Waals surface area (Å²) >= 11 is 0. The zero-order valence-corrected chi connectivity index (χ0v) is 7.59. The first kappa shape index (κ1) is 7.84. The summed E-state index contributed by atoms with van der Waals surface area (Å²) in [6.45, 7) is 4.88. The molecule has 0 bridgehead atoms. The van der Waals surface area contributed by atoms with Crippen molar-refractivity contribution in [2.75, 3.05) is 6.61 Å². The molecule has 0 N–H and O–H groups in total. The van der Waals surface area contributed by atoms with Gasteiger partial charge in [0.15, 0.2) is 5.78 Å². The molecule has 0 spiro atoms. The predicted octanol–water partition coefficient (Wildman–Crippen LogP) is 1.91. The van der Waals surface area contributed by atoms with Crippen LogP contribution in [0.2, 0.25) is 0 Å². The number of carbonyl (C=O) groups is 1. The molecule has 1 heterocycles. The Balaban J connectivity index is 2.32. The van der Waals surface area contributed by atoms with Gasteiger partial charge in [-0.05, 0) is 5.92 Å². The molecule has 0 aromatic carbocycles. The summed E-state index contributed by atoms with van der Waals surface area (Å²) in [7, 11) is 0. The average molecular weight is 166 g/mol. The fourth-order valence-corrected chi connectivity index (χ4v) is 2.08. The summed E-state index contributed by atoms with van der Waals surface area (Å²) in [6.07, 6.45) is 1.68. The van der Waals surface area contributed by atoms with Gasteiger partial charge in [0.25, 0.3) is 0 Å². The molecule has 0 saturated heterocycles. The molecule has 0 aromatic heterocycles. The predicted molar refractivity (Wildman–Crippen MR) is 45.5 cm³/mol. The van der Waals surface area contributed by atoms with E-state index in [9.17, 15) is 4.79 Å². The van der Waals surface area contributed by atoms with Crippen molar-refractivity contribution in [3.05, 3.63) is 11.3 Å². The van der Waals surface area contributed by atoms with Crippen LogP contribution in [0.15, 0.2) is 11.3 Å². The second-order valence-electron chi connectivity index (χ2n) is 3.99. The highest BCUT2D eigenvalue weighted by Gasteiger charge is 2.34. The molecule has 0 fully saturated rings. The van der Waals surface area contributed by atoms with E-state index in [1.54, 1.807) is 0 Å². The largest absolute Gasteiger partial charge is 0.497 e. The molecule has 2 atom stereocenters. The van der Waals surface area contributed by atoms with Gasteiger partial charge in [0.05, 0.1) is 6.61 Å². The highest BCUT2D eigenvalue weighted by Crippen LogP contribution is 2.36. The van der Waals surface area contributed by atoms with Gasteiger partial charge in [-0.2, -0.15) is 0 Å². The van der Waals surface area contributed by atoms with E-state index >= 15 is 0 Å². The molecule has 1 unspecified atom stereocenters. The minimum absolute atomic E-state index is 0.314. The van der Waals surface area contributed by atoms with Gasteiger partial charge in [-0.3, -0.25) is 4.79 Å². The van der Waals surface area contributed by atoms with Gasteiger partial charge < -0.3 is 4.74 Å². The summed E-state index contributed by atoms with van der Waals surface area (Å²) in [5.41, 5.74) is 0.980. The van der Waals surface area contributed by atoms with Crippen LogP contribution in [-0.2, 0) is 9.53 Å². The van der Waals surface area contributed by atoms with E-state index in [-0.39, 0.29) is 0 Å².